The Hall–Kier alpha value is -6.11. The van der Waals surface area contributed by atoms with Gasteiger partial charge in [0.05, 0.1) is 15.9 Å². The van der Waals surface area contributed by atoms with Gasteiger partial charge in [0.1, 0.15) is 5.69 Å². The van der Waals surface area contributed by atoms with Crippen molar-refractivity contribution in [3.63, 3.8) is 0 Å². The SMILES string of the molecule is c1ccc(-c2nc(-c3ccccc3)nc(-c3ccc(-c4cc(-c5nccc6c5sc5ccccc56)nc5ccccc45)cc3)n2)cc1. The molecule has 6 heteroatoms. The molecule has 5 aromatic carbocycles. The third kappa shape index (κ3) is 4.92. The van der Waals surface area contributed by atoms with E-state index in [9.17, 15) is 0 Å². The van der Waals surface area contributed by atoms with Gasteiger partial charge in [-0.25, -0.2) is 19.9 Å². The van der Waals surface area contributed by atoms with Crippen LogP contribution in [0, 0.1) is 0 Å². The minimum absolute atomic E-state index is 0.630. The van der Waals surface area contributed by atoms with E-state index < -0.39 is 0 Å². The molecular weight excluding hydrogens is 595 g/mol. The Morgan fingerprint density at radius 1 is 0.426 bits per heavy atom. The number of thiophene rings is 1. The van der Waals surface area contributed by atoms with Gasteiger partial charge >= 0.3 is 0 Å². The summed E-state index contributed by atoms with van der Waals surface area (Å²) in [5.41, 5.74) is 7.69. The number of rotatable bonds is 5. The Balaban J connectivity index is 1.17. The number of para-hydroxylation sites is 1. The molecule has 9 rings (SSSR count). The van der Waals surface area contributed by atoms with Crippen LogP contribution < -0.4 is 0 Å². The average Bonchev–Trinajstić information content (AvgIpc) is 3.54. The van der Waals surface area contributed by atoms with Crippen LogP contribution in [0.15, 0.2) is 152 Å². The highest BCUT2D eigenvalue weighted by Crippen LogP contribution is 2.40. The Bertz CT molecular complexity index is 2500. The predicted octanol–water partition coefficient (Wildman–Crippen LogP) is 10.5. The molecule has 220 valence electrons. The maximum absolute atomic E-state index is 5.11. The van der Waals surface area contributed by atoms with Crippen molar-refractivity contribution in [2.24, 2.45) is 0 Å². The fourth-order valence-corrected chi connectivity index (χ4v) is 7.30. The van der Waals surface area contributed by atoms with E-state index in [-0.39, 0.29) is 0 Å². The number of benzene rings is 5. The van der Waals surface area contributed by atoms with E-state index in [1.54, 1.807) is 11.3 Å². The molecule has 0 bridgehead atoms. The van der Waals surface area contributed by atoms with Crippen LogP contribution in [0.25, 0.3) is 87.8 Å². The summed E-state index contributed by atoms with van der Waals surface area (Å²) >= 11 is 1.77. The fourth-order valence-electron chi connectivity index (χ4n) is 6.11. The summed E-state index contributed by atoms with van der Waals surface area (Å²) in [6.45, 7) is 0. The highest BCUT2D eigenvalue weighted by molar-refractivity contribution is 7.26. The lowest BCUT2D eigenvalue weighted by Crippen LogP contribution is -2.00. The molecule has 4 heterocycles. The Labute approximate surface area is 275 Å². The maximum Gasteiger partial charge on any atom is 0.164 e. The summed E-state index contributed by atoms with van der Waals surface area (Å²) < 4.78 is 2.40. The topological polar surface area (TPSA) is 64.5 Å². The van der Waals surface area contributed by atoms with Crippen LogP contribution in [-0.4, -0.2) is 24.9 Å². The van der Waals surface area contributed by atoms with Crippen LogP contribution in [-0.2, 0) is 0 Å². The van der Waals surface area contributed by atoms with Crippen LogP contribution in [0.3, 0.4) is 0 Å². The molecule has 47 heavy (non-hydrogen) atoms. The first-order valence-electron chi connectivity index (χ1n) is 15.4. The second kappa shape index (κ2) is 11.4. The zero-order chi connectivity index (χ0) is 31.2. The molecule has 0 radical (unpaired) electrons. The van der Waals surface area contributed by atoms with Crippen LogP contribution in [0.4, 0.5) is 0 Å². The summed E-state index contributed by atoms with van der Waals surface area (Å²) in [4.78, 5) is 24.6. The lowest BCUT2D eigenvalue weighted by atomic mass is 9.98. The van der Waals surface area contributed by atoms with Gasteiger partial charge in [0.25, 0.3) is 0 Å². The summed E-state index contributed by atoms with van der Waals surface area (Å²) in [5.74, 6) is 1.92. The summed E-state index contributed by atoms with van der Waals surface area (Å²) in [6.07, 6.45) is 1.89. The smallest absolute Gasteiger partial charge is 0.164 e. The second-order valence-corrected chi connectivity index (χ2v) is 12.4. The minimum atomic E-state index is 0.630. The van der Waals surface area contributed by atoms with E-state index in [1.807, 2.05) is 72.9 Å². The standard InChI is InChI=1S/C41H25N5S/c1-3-11-27(12-4-1)39-44-40(28-13-5-2-6-14-28)46-41(45-39)29-21-19-26(20-22-29)33-25-35(43-34-17-9-7-15-30(33)34)37-38-32(23-24-42-37)31-16-8-10-18-36(31)47-38/h1-25H. The van der Waals surface area contributed by atoms with Gasteiger partial charge in [0.15, 0.2) is 17.5 Å². The van der Waals surface area contributed by atoms with Gasteiger partial charge in [0, 0.05) is 43.7 Å². The molecule has 0 spiro atoms. The fraction of sp³-hybridized carbons (Fsp3) is 0. The van der Waals surface area contributed by atoms with Gasteiger partial charge in [-0.15, -0.1) is 11.3 Å². The van der Waals surface area contributed by atoms with Gasteiger partial charge in [-0.3, -0.25) is 4.98 Å². The number of pyridine rings is 2. The number of hydrogen-bond donors (Lipinski definition) is 0. The number of nitrogens with zero attached hydrogens (tertiary/aromatic N) is 5. The van der Waals surface area contributed by atoms with Gasteiger partial charge in [0.2, 0.25) is 0 Å². The molecule has 0 aliphatic rings. The van der Waals surface area contributed by atoms with Gasteiger partial charge in [-0.05, 0) is 35.4 Å². The molecule has 0 saturated carbocycles. The molecule has 9 aromatic rings. The molecule has 0 amide bonds. The Morgan fingerprint density at radius 2 is 0.979 bits per heavy atom. The first kappa shape index (κ1) is 27.2. The largest absolute Gasteiger partial charge is 0.253 e. The monoisotopic (exact) mass is 619 g/mol. The summed E-state index contributed by atoms with van der Waals surface area (Å²) in [5, 5.41) is 3.54. The highest BCUT2D eigenvalue weighted by Gasteiger charge is 2.17. The molecule has 0 aliphatic carbocycles. The maximum atomic E-state index is 5.11. The predicted molar refractivity (Wildman–Crippen MR) is 193 cm³/mol. The molecule has 0 atom stereocenters. The van der Waals surface area contributed by atoms with Gasteiger partial charge in [-0.2, -0.15) is 0 Å². The minimum Gasteiger partial charge on any atom is -0.253 e. The van der Waals surface area contributed by atoms with Crippen LogP contribution in [0.5, 0.6) is 0 Å². The van der Waals surface area contributed by atoms with Crippen molar-refractivity contribution in [3.8, 4) is 56.7 Å². The van der Waals surface area contributed by atoms with Crippen LogP contribution >= 0.6 is 11.3 Å². The van der Waals surface area contributed by atoms with E-state index in [2.05, 4.69) is 78.9 Å². The summed E-state index contributed by atoms with van der Waals surface area (Å²) in [6, 6.07) is 49.7. The van der Waals surface area contributed by atoms with Crippen LogP contribution in [0.1, 0.15) is 0 Å². The third-order valence-electron chi connectivity index (χ3n) is 8.41. The number of fused-ring (bicyclic) bond motifs is 4. The van der Waals surface area contributed by atoms with Gasteiger partial charge < -0.3 is 0 Å². The van der Waals surface area contributed by atoms with Gasteiger partial charge in [-0.1, -0.05) is 121 Å². The third-order valence-corrected chi connectivity index (χ3v) is 9.60. The van der Waals surface area contributed by atoms with E-state index in [0.29, 0.717) is 17.5 Å². The lowest BCUT2D eigenvalue weighted by molar-refractivity contribution is 1.07. The molecule has 0 aliphatic heterocycles. The molecule has 4 aromatic heterocycles. The van der Waals surface area contributed by atoms with Crippen molar-refractivity contribution >= 4 is 42.4 Å². The quantitative estimate of drug-likeness (QED) is 0.192. The van der Waals surface area contributed by atoms with Crippen molar-refractivity contribution in [3.05, 3.63) is 152 Å². The first-order valence-corrected chi connectivity index (χ1v) is 16.2. The van der Waals surface area contributed by atoms with Crippen molar-refractivity contribution < 1.29 is 0 Å². The molecule has 0 N–H and O–H groups in total. The van der Waals surface area contributed by atoms with Crippen molar-refractivity contribution in [1.82, 2.24) is 24.9 Å². The Morgan fingerprint density at radius 3 is 1.66 bits per heavy atom. The van der Waals surface area contributed by atoms with Crippen LogP contribution in [0.2, 0.25) is 0 Å². The van der Waals surface area contributed by atoms with E-state index in [0.717, 1.165) is 54.8 Å². The molecular formula is C41H25N5S. The van der Waals surface area contributed by atoms with Crippen molar-refractivity contribution in [1.29, 1.82) is 0 Å². The molecule has 0 fully saturated rings. The molecule has 5 nitrogen and oxygen atoms in total. The first-order chi connectivity index (χ1) is 23.3. The highest BCUT2D eigenvalue weighted by atomic mass is 32.1. The second-order valence-electron chi connectivity index (χ2n) is 11.3. The Kier molecular flexibility index (Phi) is 6.58. The lowest BCUT2D eigenvalue weighted by Gasteiger charge is -2.12. The average molecular weight is 620 g/mol. The van der Waals surface area contributed by atoms with E-state index >= 15 is 0 Å². The zero-order valence-corrected chi connectivity index (χ0v) is 25.9. The van der Waals surface area contributed by atoms with Crippen molar-refractivity contribution in [2.45, 2.75) is 0 Å². The number of aromatic nitrogens is 5. The molecule has 0 unspecified atom stereocenters. The normalized spacial score (nSPS) is 11.4. The van der Waals surface area contributed by atoms with Crippen molar-refractivity contribution in [2.75, 3.05) is 0 Å². The number of hydrogen-bond acceptors (Lipinski definition) is 6. The van der Waals surface area contributed by atoms with E-state index in [1.165, 1.54) is 15.5 Å². The summed E-state index contributed by atoms with van der Waals surface area (Å²) in [7, 11) is 0. The molecule has 0 saturated heterocycles. The van der Waals surface area contributed by atoms with E-state index in [4.69, 9.17) is 24.9 Å². The zero-order valence-electron chi connectivity index (χ0n) is 25.1.